The van der Waals surface area contributed by atoms with Crippen LogP contribution in [0.2, 0.25) is 5.02 Å². The molecule has 0 amide bonds. The van der Waals surface area contributed by atoms with E-state index >= 15 is 0 Å². The van der Waals surface area contributed by atoms with Crippen LogP contribution in [0, 0.1) is 0 Å². The van der Waals surface area contributed by atoms with E-state index in [0.29, 0.717) is 23.6 Å². The van der Waals surface area contributed by atoms with Gasteiger partial charge >= 0.3 is 0 Å². The number of aliphatic hydroxyl groups is 2. The normalized spacial score (nSPS) is 21.1. The quantitative estimate of drug-likeness (QED) is 0.876. The zero-order valence-corrected chi connectivity index (χ0v) is 11.0. The lowest BCUT2D eigenvalue weighted by atomic mass is 9.92. The van der Waals surface area contributed by atoms with Gasteiger partial charge in [-0.1, -0.05) is 24.4 Å². The smallest absolute Gasteiger partial charge is 0.126 e. The highest BCUT2D eigenvalue weighted by Crippen LogP contribution is 2.42. The zero-order chi connectivity index (χ0) is 12.6. The molecular weight excluding hydrogens is 240 g/mol. The molecular formula is C12H19ClN2O2. The van der Waals surface area contributed by atoms with Crippen molar-refractivity contribution in [2.75, 3.05) is 0 Å². The third-order valence-corrected chi connectivity index (χ3v) is 3.80. The number of hydrogen-bond acceptors (Lipinski definition) is 3. The van der Waals surface area contributed by atoms with Crippen LogP contribution in [0.1, 0.15) is 57.4 Å². The molecule has 4 nitrogen and oxygen atoms in total. The summed E-state index contributed by atoms with van der Waals surface area (Å²) in [5.74, 6) is 0. The van der Waals surface area contributed by atoms with E-state index in [0.717, 1.165) is 12.8 Å². The maximum absolute atomic E-state index is 10.4. The van der Waals surface area contributed by atoms with E-state index in [1.165, 1.54) is 6.20 Å². The van der Waals surface area contributed by atoms with Crippen molar-refractivity contribution in [3.63, 3.8) is 0 Å². The standard InChI is InChI=1S/C12H19ClN2O2/c1-8(2)15-10(9(13)7-14-15)11(16)12(17)5-3-4-6-12/h7-8,11,16-17H,3-6H2,1-2H3. The highest BCUT2D eigenvalue weighted by molar-refractivity contribution is 6.31. The molecule has 0 radical (unpaired) electrons. The first kappa shape index (κ1) is 12.9. The second kappa shape index (κ2) is 4.59. The van der Waals surface area contributed by atoms with Gasteiger partial charge in [0.25, 0.3) is 0 Å². The van der Waals surface area contributed by atoms with Gasteiger partial charge in [-0.3, -0.25) is 4.68 Å². The Hall–Kier alpha value is -0.580. The van der Waals surface area contributed by atoms with E-state index in [1.807, 2.05) is 13.8 Å². The minimum atomic E-state index is -1.05. The molecule has 0 aliphatic heterocycles. The Kier molecular flexibility index (Phi) is 3.48. The monoisotopic (exact) mass is 258 g/mol. The molecule has 1 aliphatic rings. The van der Waals surface area contributed by atoms with E-state index in [4.69, 9.17) is 11.6 Å². The third-order valence-electron chi connectivity index (χ3n) is 3.51. The van der Waals surface area contributed by atoms with Crippen LogP contribution in [0.15, 0.2) is 6.20 Å². The summed E-state index contributed by atoms with van der Waals surface area (Å²) < 4.78 is 1.68. The van der Waals surface area contributed by atoms with Gasteiger partial charge in [0.15, 0.2) is 0 Å². The molecule has 5 heteroatoms. The van der Waals surface area contributed by atoms with E-state index < -0.39 is 11.7 Å². The predicted octanol–water partition coefficient (Wildman–Crippen LogP) is 2.46. The Morgan fingerprint density at radius 3 is 2.53 bits per heavy atom. The summed E-state index contributed by atoms with van der Waals surface area (Å²) in [5, 5.41) is 25.4. The van der Waals surface area contributed by atoms with Crippen molar-refractivity contribution in [2.45, 2.75) is 57.3 Å². The molecule has 0 spiro atoms. The van der Waals surface area contributed by atoms with Gasteiger partial charge in [-0.2, -0.15) is 5.10 Å². The summed E-state index contributed by atoms with van der Waals surface area (Å²) in [6.45, 7) is 3.94. The Morgan fingerprint density at radius 2 is 2.00 bits per heavy atom. The van der Waals surface area contributed by atoms with E-state index in [2.05, 4.69) is 5.10 Å². The molecule has 96 valence electrons. The van der Waals surface area contributed by atoms with Gasteiger partial charge in [0.1, 0.15) is 6.10 Å². The molecule has 1 aromatic rings. The molecule has 2 N–H and O–H groups in total. The molecule has 1 aliphatic carbocycles. The Bertz CT molecular complexity index is 397. The van der Waals surface area contributed by atoms with Gasteiger partial charge < -0.3 is 10.2 Å². The fraction of sp³-hybridized carbons (Fsp3) is 0.750. The lowest BCUT2D eigenvalue weighted by Crippen LogP contribution is -2.34. The van der Waals surface area contributed by atoms with Crippen LogP contribution >= 0.6 is 11.6 Å². The topological polar surface area (TPSA) is 58.3 Å². The summed E-state index contributed by atoms with van der Waals surface area (Å²) in [7, 11) is 0. The van der Waals surface area contributed by atoms with Gasteiger partial charge in [-0.05, 0) is 26.7 Å². The molecule has 0 bridgehead atoms. The molecule has 1 fully saturated rings. The van der Waals surface area contributed by atoms with Gasteiger partial charge in [-0.25, -0.2) is 0 Å². The first-order valence-corrected chi connectivity index (χ1v) is 6.47. The maximum Gasteiger partial charge on any atom is 0.126 e. The molecule has 1 heterocycles. The summed E-state index contributed by atoms with van der Waals surface area (Å²) >= 11 is 6.07. The van der Waals surface area contributed by atoms with E-state index in [9.17, 15) is 10.2 Å². The van der Waals surface area contributed by atoms with Gasteiger partial charge in [0, 0.05) is 6.04 Å². The van der Waals surface area contributed by atoms with Gasteiger partial charge in [-0.15, -0.1) is 0 Å². The van der Waals surface area contributed by atoms with Crippen molar-refractivity contribution >= 4 is 11.6 Å². The highest BCUT2D eigenvalue weighted by atomic mass is 35.5. The molecule has 1 aromatic heterocycles. The Balaban J connectivity index is 2.36. The fourth-order valence-corrected chi connectivity index (χ4v) is 2.77. The predicted molar refractivity (Wildman–Crippen MR) is 66.0 cm³/mol. The van der Waals surface area contributed by atoms with E-state index in [-0.39, 0.29) is 6.04 Å². The van der Waals surface area contributed by atoms with Gasteiger partial charge in [0.2, 0.25) is 0 Å². The summed E-state index contributed by atoms with van der Waals surface area (Å²) in [4.78, 5) is 0. The number of nitrogens with zero attached hydrogens (tertiary/aromatic N) is 2. The van der Waals surface area contributed by atoms with Crippen molar-refractivity contribution in [2.24, 2.45) is 0 Å². The molecule has 2 rings (SSSR count). The minimum Gasteiger partial charge on any atom is -0.387 e. The van der Waals surface area contributed by atoms with Crippen molar-refractivity contribution in [3.8, 4) is 0 Å². The van der Waals surface area contributed by atoms with Crippen LogP contribution in [-0.2, 0) is 0 Å². The average Bonchev–Trinajstić information content (AvgIpc) is 2.85. The van der Waals surface area contributed by atoms with Crippen LogP contribution in [0.5, 0.6) is 0 Å². The zero-order valence-electron chi connectivity index (χ0n) is 10.2. The molecule has 0 saturated heterocycles. The molecule has 1 atom stereocenters. The summed E-state index contributed by atoms with van der Waals surface area (Å²) in [6.07, 6.45) is 3.70. The van der Waals surface area contributed by atoms with Crippen molar-refractivity contribution < 1.29 is 10.2 Å². The second-order valence-corrected chi connectivity index (χ2v) is 5.54. The second-order valence-electron chi connectivity index (χ2n) is 5.13. The molecule has 1 saturated carbocycles. The number of aromatic nitrogens is 2. The van der Waals surface area contributed by atoms with Gasteiger partial charge in [0.05, 0.1) is 22.5 Å². The Labute approximate surface area is 106 Å². The first-order chi connectivity index (χ1) is 7.96. The fourth-order valence-electron chi connectivity index (χ4n) is 2.53. The lowest BCUT2D eigenvalue weighted by molar-refractivity contribution is -0.0759. The lowest BCUT2D eigenvalue weighted by Gasteiger charge is -2.29. The van der Waals surface area contributed by atoms with Crippen molar-refractivity contribution in [1.82, 2.24) is 9.78 Å². The highest BCUT2D eigenvalue weighted by Gasteiger charge is 2.42. The first-order valence-electron chi connectivity index (χ1n) is 6.09. The van der Waals surface area contributed by atoms with Crippen LogP contribution in [0.25, 0.3) is 0 Å². The number of rotatable bonds is 3. The Morgan fingerprint density at radius 1 is 1.41 bits per heavy atom. The maximum atomic E-state index is 10.4. The minimum absolute atomic E-state index is 0.108. The van der Waals surface area contributed by atoms with Crippen LogP contribution in [0.3, 0.4) is 0 Å². The number of halogens is 1. The molecule has 17 heavy (non-hydrogen) atoms. The number of hydrogen-bond donors (Lipinski definition) is 2. The van der Waals surface area contributed by atoms with Crippen LogP contribution in [-0.4, -0.2) is 25.6 Å². The molecule has 1 unspecified atom stereocenters. The van der Waals surface area contributed by atoms with Crippen LogP contribution < -0.4 is 0 Å². The molecule has 0 aromatic carbocycles. The SMILES string of the molecule is CC(C)n1ncc(Cl)c1C(O)C1(O)CCCC1. The third kappa shape index (κ3) is 2.21. The van der Waals surface area contributed by atoms with Crippen molar-refractivity contribution in [3.05, 3.63) is 16.9 Å². The van der Waals surface area contributed by atoms with Crippen LogP contribution in [0.4, 0.5) is 0 Å². The van der Waals surface area contributed by atoms with E-state index in [1.54, 1.807) is 4.68 Å². The largest absolute Gasteiger partial charge is 0.387 e. The number of aliphatic hydroxyl groups excluding tert-OH is 1. The van der Waals surface area contributed by atoms with Crippen molar-refractivity contribution in [1.29, 1.82) is 0 Å². The summed E-state index contributed by atoms with van der Waals surface area (Å²) in [5.41, 5.74) is -0.512. The average molecular weight is 259 g/mol. The summed E-state index contributed by atoms with van der Waals surface area (Å²) in [6, 6.07) is 0.108.